The molecule has 0 atom stereocenters. The number of nitrogens with zero attached hydrogens (tertiary/aromatic N) is 2. The second-order valence-corrected chi connectivity index (χ2v) is 9.42. The highest BCUT2D eigenvalue weighted by atomic mass is 16.5. The van der Waals surface area contributed by atoms with Crippen LogP contribution in [-0.4, -0.2) is 48.3 Å². The van der Waals surface area contributed by atoms with Gasteiger partial charge in [0.1, 0.15) is 5.75 Å². The first-order valence-electron chi connectivity index (χ1n) is 13.0. The third kappa shape index (κ3) is 6.55. The van der Waals surface area contributed by atoms with E-state index >= 15 is 0 Å². The largest absolute Gasteiger partial charge is 0.497 e. The second kappa shape index (κ2) is 12.7. The van der Waals surface area contributed by atoms with E-state index in [1.54, 1.807) is 37.4 Å². The van der Waals surface area contributed by atoms with Crippen molar-refractivity contribution in [1.29, 1.82) is 0 Å². The standard InChI is InChI=1S/C29H33N7O4/c1-17-24(16-32-36-27-20-13-12-19(40-3)15-23(20)35-29(27)39)33-18(2)26(17)28(38)31-14-8-4-5-11-25(37)34-22-10-7-6-9-21(22)30/h6-7,9-10,12-13,15-16,33H,4-5,8,11,14,30H2,1-3H3,(H,31,38)(H,34,37)(H,35,36,39)/b32-16+. The van der Waals surface area contributed by atoms with Gasteiger partial charge in [-0.05, 0) is 56.5 Å². The molecule has 0 radical (unpaired) electrons. The number of benzene rings is 2. The molecule has 0 saturated heterocycles. The van der Waals surface area contributed by atoms with Crippen molar-refractivity contribution in [3.63, 3.8) is 0 Å². The Hall–Kier alpha value is -4.93. The summed E-state index contributed by atoms with van der Waals surface area (Å²) in [5.74, 6) is 0.0103. The van der Waals surface area contributed by atoms with Crippen LogP contribution >= 0.6 is 0 Å². The lowest BCUT2D eigenvalue weighted by Crippen LogP contribution is -2.25. The van der Waals surface area contributed by atoms with Gasteiger partial charge >= 0.3 is 0 Å². The highest BCUT2D eigenvalue weighted by Crippen LogP contribution is 2.28. The van der Waals surface area contributed by atoms with Gasteiger partial charge in [-0.25, -0.2) is 0 Å². The molecular weight excluding hydrogens is 510 g/mol. The molecule has 3 amide bonds. The summed E-state index contributed by atoms with van der Waals surface area (Å²) < 4.78 is 5.19. The minimum Gasteiger partial charge on any atom is -0.497 e. The number of nitrogens with two attached hydrogens (primary N) is 1. The first-order chi connectivity index (χ1) is 19.3. The summed E-state index contributed by atoms with van der Waals surface area (Å²) in [4.78, 5) is 40.5. The number of aromatic amines is 1. The molecule has 1 aliphatic heterocycles. The van der Waals surface area contributed by atoms with Gasteiger partial charge in [-0.2, -0.15) is 5.10 Å². The molecule has 1 aromatic heterocycles. The van der Waals surface area contributed by atoms with Crippen LogP contribution in [0.3, 0.4) is 0 Å². The molecule has 6 N–H and O–H groups in total. The van der Waals surface area contributed by atoms with Crippen molar-refractivity contribution in [2.24, 2.45) is 10.2 Å². The zero-order valence-corrected chi connectivity index (χ0v) is 22.8. The van der Waals surface area contributed by atoms with Gasteiger partial charge < -0.3 is 31.4 Å². The Balaban J connectivity index is 1.26. The van der Waals surface area contributed by atoms with Gasteiger partial charge in [-0.1, -0.05) is 18.6 Å². The number of methoxy groups -OCH3 is 1. The Morgan fingerprint density at radius 2 is 1.90 bits per heavy atom. The number of para-hydroxylation sites is 2. The van der Waals surface area contributed by atoms with Crippen LogP contribution < -0.4 is 26.4 Å². The number of aryl methyl sites for hydroxylation is 1. The van der Waals surface area contributed by atoms with Crippen LogP contribution in [0.1, 0.15) is 58.6 Å². The quantitative estimate of drug-likeness (QED) is 0.107. The highest BCUT2D eigenvalue weighted by Gasteiger charge is 2.26. The summed E-state index contributed by atoms with van der Waals surface area (Å²) in [6, 6.07) is 12.4. The monoisotopic (exact) mass is 543 g/mol. The molecule has 208 valence electrons. The summed E-state index contributed by atoms with van der Waals surface area (Å²) in [7, 11) is 1.56. The van der Waals surface area contributed by atoms with Crippen molar-refractivity contribution in [2.75, 3.05) is 30.0 Å². The molecule has 4 rings (SSSR count). The summed E-state index contributed by atoms with van der Waals surface area (Å²) in [5.41, 5.74) is 11.1. The van der Waals surface area contributed by atoms with E-state index in [1.165, 1.54) is 6.21 Å². The summed E-state index contributed by atoms with van der Waals surface area (Å²) in [5, 5.41) is 16.7. The lowest BCUT2D eigenvalue weighted by Gasteiger charge is -2.08. The van der Waals surface area contributed by atoms with E-state index in [4.69, 9.17) is 10.5 Å². The third-order valence-corrected chi connectivity index (χ3v) is 6.59. The van der Waals surface area contributed by atoms with E-state index in [0.717, 1.165) is 18.4 Å². The van der Waals surface area contributed by atoms with Crippen molar-refractivity contribution >= 4 is 46.7 Å². The average Bonchev–Trinajstić information content (AvgIpc) is 3.40. The molecule has 2 heterocycles. The van der Waals surface area contributed by atoms with Crippen molar-refractivity contribution < 1.29 is 19.1 Å². The number of rotatable bonds is 11. The van der Waals surface area contributed by atoms with Gasteiger partial charge in [0.2, 0.25) is 5.91 Å². The maximum absolute atomic E-state index is 12.8. The summed E-state index contributed by atoms with van der Waals surface area (Å²) in [6.07, 6.45) is 4.12. The fourth-order valence-electron chi connectivity index (χ4n) is 4.45. The Kier molecular flexibility index (Phi) is 8.95. The van der Waals surface area contributed by atoms with Crippen LogP contribution in [0.4, 0.5) is 17.1 Å². The third-order valence-electron chi connectivity index (χ3n) is 6.59. The first kappa shape index (κ1) is 28.1. The predicted octanol–water partition coefficient (Wildman–Crippen LogP) is 3.93. The molecule has 0 spiro atoms. The van der Waals surface area contributed by atoms with Gasteiger partial charge in [0, 0.05) is 30.3 Å². The normalized spacial score (nSPS) is 13.4. The topological polar surface area (TPSA) is 163 Å². The fraction of sp³-hybridized carbons (Fsp3) is 0.276. The van der Waals surface area contributed by atoms with E-state index in [9.17, 15) is 14.4 Å². The number of H-pyrrole nitrogens is 1. The van der Waals surface area contributed by atoms with E-state index < -0.39 is 0 Å². The molecule has 0 aliphatic carbocycles. The number of aromatic nitrogens is 1. The number of hydrogen-bond donors (Lipinski definition) is 5. The zero-order valence-electron chi connectivity index (χ0n) is 22.8. The van der Waals surface area contributed by atoms with Gasteiger partial charge in [0.05, 0.1) is 41.6 Å². The van der Waals surface area contributed by atoms with Gasteiger partial charge in [0.15, 0.2) is 5.71 Å². The van der Waals surface area contributed by atoms with Crippen LogP contribution in [0.15, 0.2) is 52.7 Å². The molecule has 3 aromatic rings. The van der Waals surface area contributed by atoms with E-state index in [1.807, 2.05) is 26.0 Å². The van der Waals surface area contributed by atoms with E-state index in [0.29, 0.717) is 64.7 Å². The Morgan fingerprint density at radius 3 is 2.67 bits per heavy atom. The molecular formula is C29H33N7O4. The molecule has 2 aromatic carbocycles. The van der Waals surface area contributed by atoms with Crippen LogP contribution in [0, 0.1) is 13.8 Å². The zero-order chi connectivity index (χ0) is 28.6. The number of unbranched alkanes of at least 4 members (excludes halogenated alkanes) is 2. The number of hydrogen-bond acceptors (Lipinski definition) is 7. The maximum Gasteiger partial charge on any atom is 0.276 e. The minimum absolute atomic E-state index is 0.0853. The van der Waals surface area contributed by atoms with Crippen molar-refractivity contribution in [3.05, 3.63) is 70.5 Å². The number of carbonyl (C=O) groups excluding carboxylic acids is 3. The molecule has 0 saturated carbocycles. The Bertz CT molecular complexity index is 1490. The number of ether oxygens (including phenoxy) is 1. The lowest BCUT2D eigenvalue weighted by atomic mass is 10.1. The van der Waals surface area contributed by atoms with Crippen LogP contribution in [0.25, 0.3) is 0 Å². The molecule has 0 unspecified atom stereocenters. The average molecular weight is 544 g/mol. The first-order valence-corrected chi connectivity index (χ1v) is 13.0. The van der Waals surface area contributed by atoms with Gasteiger partial charge in [-0.3, -0.25) is 14.4 Å². The van der Waals surface area contributed by atoms with E-state index in [-0.39, 0.29) is 23.4 Å². The van der Waals surface area contributed by atoms with Crippen LogP contribution in [0.5, 0.6) is 5.75 Å². The summed E-state index contributed by atoms with van der Waals surface area (Å²) >= 11 is 0. The smallest absolute Gasteiger partial charge is 0.276 e. The predicted molar refractivity (Wildman–Crippen MR) is 156 cm³/mol. The molecule has 1 aliphatic rings. The van der Waals surface area contributed by atoms with Crippen LogP contribution in [-0.2, 0) is 9.59 Å². The number of anilines is 3. The van der Waals surface area contributed by atoms with Crippen molar-refractivity contribution in [2.45, 2.75) is 39.5 Å². The molecule has 11 heteroatoms. The highest BCUT2D eigenvalue weighted by molar-refractivity contribution is 6.53. The number of nitrogens with one attached hydrogen (secondary N) is 4. The van der Waals surface area contributed by atoms with Crippen molar-refractivity contribution in [1.82, 2.24) is 10.3 Å². The molecule has 11 nitrogen and oxygen atoms in total. The molecule has 40 heavy (non-hydrogen) atoms. The number of nitrogen functional groups attached to an aromatic ring is 1. The molecule has 0 bridgehead atoms. The maximum atomic E-state index is 12.8. The number of amides is 3. The summed E-state index contributed by atoms with van der Waals surface area (Å²) in [6.45, 7) is 4.14. The van der Waals surface area contributed by atoms with Gasteiger partial charge in [0.25, 0.3) is 11.8 Å². The second-order valence-electron chi connectivity index (χ2n) is 9.42. The Labute approximate surface area is 232 Å². The minimum atomic E-state index is -0.346. The fourth-order valence-corrected chi connectivity index (χ4v) is 4.45. The molecule has 0 fully saturated rings. The van der Waals surface area contributed by atoms with Crippen LogP contribution in [0.2, 0.25) is 0 Å². The van der Waals surface area contributed by atoms with E-state index in [2.05, 4.69) is 31.1 Å². The number of fused-ring (bicyclic) bond motifs is 1. The van der Waals surface area contributed by atoms with Gasteiger partial charge in [-0.15, -0.1) is 5.10 Å². The Morgan fingerprint density at radius 1 is 1.10 bits per heavy atom. The van der Waals surface area contributed by atoms with Crippen molar-refractivity contribution in [3.8, 4) is 5.75 Å². The lowest BCUT2D eigenvalue weighted by molar-refractivity contribution is -0.116. The number of carbonyl (C=O) groups is 3. The SMILES string of the molecule is COc1ccc2c(c1)NC(=O)/C2=N\N=C\c1[nH]c(C)c(C(=O)NCCCCCC(=O)Nc2ccccc2N)c1C.